The van der Waals surface area contributed by atoms with Gasteiger partial charge in [0.05, 0.1) is 10.1 Å². The summed E-state index contributed by atoms with van der Waals surface area (Å²) in [5.41, 5.74) is 1.59. The van der Waals surface area contributed by atoms with E-state index < -0.39 is 15.3 Å². The zero-order valence-corrected chi connectivity index (χ0v) is 18.8. The van der Waals surface area contributed by atoms with Crippen molar-refractivity contribution < 1.29 is 13.2 Å². The maximum atomic E-state index is 12.6. The number of sulfonamides is 1. The Kier molecular flexibility index (Phi) is 7.61. The minimum atomic E-state index is -3.61. The Morgan fingerprint density at radius 2 is 2.00 bits per heavy atom. The molecule has 2 rings (SSSR count). The monoisotopic (exact) mass is 438 g/mol. The van der Waals surface area contributed by atoms with E-state index in [0.29, 0.717) is 23.0 Å². The summed E-state index contributed by atoms with van der Waals surface area (Å²) in [6.45, 7) is 5.48. The second-order valence-electron chi connectivity index (χ2n) is 6.81. The Balaban J connectivity index is 2.19. The van der Waals surface area contributed by atoms with E-state index in [2.05, 4.69) is 15.3 Å². The highest BCUT2D eigenvalue weighted by Gasteiger charge is 2.21. The zero-order valence-electron chi connectivity index (χ0n) is 17.1. The number of aromatic nitrogens is 2. The van der Waals surface area contributed by atoms with Gasteiger partial charge in [-0.05, 0) is 38.0 Å². The molecule has 0 aliphatic rings. The van der Waals surface area contributed by atoms with Crippen LogP contribution >= 0.6 is 11.8 Å². The molecule has 1 heterocycles. The first-order valence-corrected chi connectivity index (χ1v) is 11.5. The molecule has 0 radical (unpaired) electrons. The number of nitrogens with one attached hydrogen (secondary N) is 2. The van der Waals surface area contributed by atoms with Crippen LogP contribution in [-0.2, 0) is 21.2 Å². The number of benzene rings is 1. The van der Waals surface area contributed by atoms with Crippen LogP contribution < -0.4 is 10.9 Å². The number of aryl methyl sites for hydroxylation is 2. The molecule has 2 N–H and O–H groups in total. The number of hydrogen-bond acceptors (Lipinski definition) is 6. The lowest BCUT2D eigenvalue weighted by molar-refractivity contribution is -0.115. The van der Waals surface area contributed by atoms with Crippen LogP contribution in [0, 0.1) is 6.92 Å². The molecule has 0 fully saturated rings. The number of rotatable bonds is 8. The van der Waals surface area contributed by atoms with Gasteiger partial charge in [-0.15, -0.1) is 0 Å². The molecule has 1 aromatic carbocycles. The van der Waals surface area contributed by atoms with Gasteiger partial charge >= 0.3 is 0 Å². The SMILES string of the molecule is CCCc1cc(=O)[nH]c(S[C@H](C)C(=O)Nc2cc(S(=O)(=O)N(C)C)ccc2C)n1. The van der Waals surface area contributed by atoms with Gasteiger partial charge in [0.15, 0.2) is 5.16 Å². The maximum Gasteiger partial charge on any atom is 0.251 e. The number of aromatic amines is 1. The Hall–Kier alpha value is -2.17. The van der Waals surface area contributed by atoms with E-state index in [1.54, 1.807) is 19.9 Å². The lowest BCUT2D eigenvalue weighted by atomic mass is 10.2. The Morgan fingerprint density at radius 1 is 1.31 bits per heavy atom. The standard InChI is InChI=1S/C19H26N4O4S2/c1-6-7-14-10-17(24)22-19(20-14)28-13(3)18(25)21-16-11-15(9-8-12(16)2)29(26,27)23(4)5/h8-11,13H,6-7H2,1-5H3,(H,21,25)(H,20,22,24)/t13-/m1/s1. The molecule has 8 nitrogen and oxygen atoms in total. The molecule has 2 aromatic rings. The Labute approximate surface area is 175 Å². The molecule has 1 aromatic heterocycles. The van der Waals surface area contributed by atoms with Gasteiger partial charge in [-0.25, -0.2) is 17.7 Å². The number of nitrogens with zero attached hydrogens (tertiary/aromatic N) is 2. The fraction of sp³-hybridized carbons (Fsp3) is 0.421. The van der Waals surface area contributed by atoms with Crippen molar-refractivity contribution in [3.05, 3.63) is 45.9 Å². The molecule has 0 unspecified atom stereocenters. The molecule has 0 saturated carbocycles. The summed E-state index contributed by atoms with van der Waals surface area (Å²) in [5, 5.41) is 2.60. The van der Waals surface area contributed by atoms with Crippen molar-refractivity contribution in [3.8, 4) is 0 Å². The van der Waals surface area contributed by atoms with Crippen LogP contribution in [0.5, 0.6) is 0 Å². The number of H-pyrrole nitrogens is 1. The summed E-state index contributed by atoms with van der Waals surface area (Å²) in [6.07, 6.45) is 1.55. The van der Waals surface area contributed by atoms with Crippen LogP contribution in [0.15, 0.2) is 39.1 Å². The van der Waals surface area contributed by atoms with Gasteiger partial charge in [-0.1, -0.05) is 31.2 Å². The van der Waals surface area contributed by atoms with Gasteiger partial charge in [0.25, 0.3) is 5.56 Å². The van der Waals surface area contributed by atoms with Crippen LogP contribution in [0.25, 0.3) is 0 Å². The molecule has 29 heavy (non-hydrogen) atoms. The summed E-state index contributed by atoms with van der Waals surface area (Å²) in [7, 11) is -0.707. The average molecular weight is 439 g/mol. The van der Waals surface area contributed by atoms with Crippen LogP contribution in [0.2, 0.25) is 0 Å². The summed E-state index contributed by atoms with van der Waals surface area (Å²) >= 11 is 1.14. The van der Waals surface area contributed by atoms with Crippen LogP contribution in [0.3, 0.4) is 0 Å². The first kappa shape index (κ1) is 23.1. The predicted molar refractivity (Wildman–Crippen MR) is 115 cm³/mol. The highest BCUT2D eigenvalue weighted by molar-refractivity contribution is 8.00. The van der Waals surface area contributed by atoms with Crippen molar-refractivity contribution >= 4 is 33.4 Å². The van der Waals surface area contributed by atoms with Crippen LogP contribution in [0.4, 0.5) is 5.69 Å². The first-order chi connectivity index (χ1) is 13.5. The topological polar surface area (TPSA) is 112 Å². The van der Waals surface area contributed by atoms with Gasteiger partial charge in [-0.2, -0.15) is 0 Å². The van der Waals surface area contributed by atoms with E-state index in [0.717, 1.165) is 28.1 Å². The van der Waals surface area contributed by atoms with Crippen molar-refractivity contribution in [1.82, 2.24) is 14.3 Å². The molecule has 0 spiro atoms. The molecule has 0 bridgehead atoms. The molecule has 158 valence electrons. The van der Waals surface area contributed by atoms with Crippen molar-refractivity contribution in [2.75, 3.05) is 19.4 Å². The van der Waals surface area contributed by atoms with Crippen molar-refractivity contribution in [3.63, 3.8) is 0 Å². The minimum absolute atomic E-state index is 0.0990. The van der Waals surface area contributed by atoms with Crippen molar-refractivity contribution in [2.24, 2.45) is 0 Å². The number of carbonyl (C=O) groups excluding carboxylic acids is 1. The largest absolute Gasteiger partial charge is 0.325 e. The fourth-order valence-corrected chi connectivity index (χ4v) is 4.24. The van der Waals surface area contributed by atoms with E-state index in [-0.39, 0.29) is 16.4 Å². The smallest absolute Gasteiger partial charge is 0.251 e. The maximum absolute atomic E-state index is 12.6. The Morgan fingerprint density at radius 3 is 2.62 bits per heavy atom. The lowest BCUT2D eigenvalue weighted by Crippen LogP contribution is -2.25. The molecule has 10 heteroatoms. The van der Waals surface area contributed by atoms with E-state index >= 15 is 0 Å². The molecule has 0 aliphatic heterocycles. The average Bonchev–Trinajstić information content (AvgIpc) is 2.62. The van der Waals surface area contributed by atoms with Crippen molar-refractivity contribution in [2.45, 2.75) is 48.9 Å². The number of anilines is 1. The molecule has 0 saturated heterocycles. The van der Waals surface area contributed by atoms with E-state index in [9.17, 15) is 18.0 Å². The molecule has 0 aliphatic carbocycles. The third kappa shape index (κ3) is 5.91. The van der Waals surface area contributed by atoms with Crippen LogP contribution in [-0.4, -0.2) is 47.9 Å². The van der Waals surface area contributed by atoms with Crippen molar-refractivity contribution in [1.29, 1.82) is 0 Å². The molecule has 1 atom stereocenters. The molecule has 1 amide bonds. The number of thioether (sulfide) groups is 1. The number of amides is 1. The first-order valence-electron chi connectivity index (χ1n) is 9.15. The predicted octanol–water partition coefficient (Wildman–Crippen LogP) is 2.40. The van der Waals surface area contributed by atoms with E-state index in [1.807, 2.05) is 6.92 Å². The van der Waals surface area contributed by atoms with E-state index in [1.165, 1.54) is 32.3 Å². The van der Waals surface area contributed by atoms with Gasteiger partial charge in [0, 0.05) is 31.5 Å². The third-order valence-corrected chi connectivity index (χ3v) is 6.98. The quantitative estimate of drug-likeness (QED) is 0.483. The summed E-state index contributed by atoms with van der Waals surface area (Å²) < 4.78 is 25.8. The van der Waals surface area contributed by atoms with Gasteiger partial charge in [-0.3, -0.25) is 9.59 Å². The second kappa shape index (κ2) is 9.55. The summed E-state index contributed by atoms with van der Waals surface area (Å²) in [6, 6.07) is 6.06. The van der Waals surface area contributed by atoms with Gasteiger partial charge in [0.2, 0.25) is 15.9 Å². The lowest BCUT2D eigenvalue weighted by Gasteiger charge is -2.16. The normalized spacial score (nSPS) is 12.8. The van der Waals surface area contributed by atoms with E-state index in [4.69, 9.17) is 0 Å². The Bertz CT molecular complexity index is 1050. The summed E-state index contributed by atoms with van der Waals surface area (Å²) in [5.74, 6) is -0.318. The minimum Gasteiger partial charge on any atom is -0.325 e. The highest BCUT2D eigenvalue weighted by Crippen LogP contribution is 2.24. The molecular weight excluding hydrogens is 412 g/mol. The second-order valence-corrected chi connectivity index (χ2v) is 10.3. The zero-order chi connectivity index (χ0) is 21.8. The van der Waals surface area contributed by atoms with Crippen LogP contribution in [0.1, 0.15) is 31.5 Å². The summed E-state index contributed by atoms with van der Waals surface area (Å²) in [4.78, 5) is 31.6. The molecular formula is C19H26N4O4S2. The third-order valence-electron chi connectivity index (χ3n) is 4.18. The van der Waals surface area contributed by atoms with Gasteiger partial charge in [0.1, 0.15) is 0 Å². The highest BCUT2D eigenvalue weighted by atomic mass is 32.2. The van der Waals surface area contributed by atoms with Gasteiger partial charge < -0.3 is 10.3 Å². The number of hydrogen-bond donors (Lipinski definition) is 2. The fourth-order valence-electron chi connectivity index (χ4n) is 2.49. The number of carbonyl (C=O) groups is 1.